The van der Waals surface area contributed by atoms with Crippen molar-refractivity contribution in [2.24, 2.45) is 5.92 Å². The molecule has 0 aromatic carbocycles. The maximum atomic E-state index is 12.1. The second kappa shape index (κ2) is 6.55. The third kappa shape index (κ3) is 3.08. The summed E-state index contributed by atoms with van der Waals surface area (Å²) >= 11 is 8.24. The van der Waals surface area contributed by atoms with Crippen LogP contribution >= 0.6 is 43.2 Å². The molecule has 2 rings (SSSR count). The van der Waals surface area contributed by atoms with Crippen LogP contribution in [0.4, 0.5) is 0 Å². The number of carboxylic acids is 1. The zero-order chi connectivity index (χ0) is 14.9. The molecule has 1 aliphatic heterocycles. The van der Waals surface area contributed by atoms with Crippen molar-refractivity contribution in [3.63, 3.8) is 0 Å². The lowest BCUT2D eigenvalue weighted by Gasteiger charge is -2.25. The van der Waals surface area contributed by atoms with Gasteiger partial charge < -0.3 is 14.7 Å². The Morgan fingerprint density at radius 2 is 2.30 bits per heavy atom. The lowest BCUT2D eigenvalue weighted by molar-refractivity contribution is -0.142. The van der Waals surface area contributed by atoms with Gasteiger partial charge in [0.2, 0.25) is 5.91 Å². The van der Waals surface area contributed by atoms with Crippen molar-refractivity contribution in [2.75, 3.05) is 20.3 Å². The van der Waals surface area contributed by atoms with Gasteiger partial charge in [0.25, 0.3) is 0 Å². The fourth-order valence-corrected chi connectivity index (χ4v) is 4.59. The van der Waals surface area contributed by atoms with Gasteiger partial charge in [-0.3, -0.25) is 9.59 Å². The summed E-state index contributed by atoms with van der Waals surface area (Å²) in [7, 11) is 1.56. The SMILES string of the molecule is COCCN1C(=O)CC(C(=O)O)C1c1cc(Br)c(Br)s1. The number of hydrogen-bond donors (Lipinski definition) is 1. The van der Waals surface area contributed by atoms with Crippen molar-refractivity contribution in [3.8, 4) is 0 Å². The lowest BCUT2D eigenvalue weighted by Crippen LogP contribution is -2.32. The minimum Gasteiger partial charge on any atom is -0.481 e. The van der Waals surface area contributed by atoms with Crippen molar-refractivity contribution in [2.45, 2.75) is 12.5 Å². The van der Waals surface area contributed by atoms with E-state index in [-0.39, 0.29) is 12.3 Å². The number of likely N-dealkylation sites (tertiary alicyclic amines) is 1. The fraction of sp³-hybridized carbons (Fsp3) is 0.500. The molecule has 0 radical (unpaired) electrons. The minimum atomic E-state index is -0.941. The maximum absolute atomic E-state index is 12.1. The summed E-state index contributed by atoms with van der Waals surface area (Å²) in [6.45, 7) is 0.791. The summed E-state index contributed by atoms with van der Waals surface area (Å²) in [5, 5.41) is 9.35. The second-order valence-corrected chi connectivity index (χ2v) is 7.70. The molecule has 2 unspecified atom stereocenters. The Bertz CT molecular complexity index is 514. The second-order valence-electron chi connectivity index (χ2n) is 4.44. The Labute approximate surface area is 137 Å². The number of ether oxygens (including phenoxy) is 1. The maximum Gasteiger partial charge on any atom is 0.309 e. The largest absolute Gasteiger partial charge is 0.481 e. The monoisotopic (exact) mass is 425 g/mol. The molecule has 110 valence electrons. The van der Waals surface area contributed by atoms with Gasteiger partial charge in [0.15, 0.2) is 0 Å². The van der Waals surface area contributed by atoms with Gasteiger partial charge in [-0.25, -0.2) is 0 Å². The van der Waals surface area contributed by atoms with Crippen molar-refractivity contribution in [1.29, 1.82) is 0 Å². The highest BCUT2D eigenvalue weighted by Crippen LogP contribution is 2.44. The van der Waals surface area contributed by atoms with Crippen LogP contribution < -0.4 is 0 Å². The lowest BCUT2D eigenvalue weighted by atomic mass is 9.99. The van der Waals surface area contributed by atoms with Crippen molar-refractivity contribution < 1.29 is 19.4 Å². The molecule has 20 heavy (non-hydrogen) atoms. The van der Waals surface area contributed by atoms with Gasteiger partial charge in [0.1, 0.15) is 0 Å². The molecule has 5 nitrogen and oxygen atoms in total. The molecule has 2 atom stereocenters. The smallest absolute Gasteiger partial charge is 0.309 e. The number of rotatable bonds is 5. The van der Waals surface area contributed by atoms with E-state index in [0.29, 0.717) is 13.2 Å². The molecule has 0 bridgehead atoms. The number of hydrogen-bond acceptors (Lipinski definition) is 4. The Morgan fingerprint density at radius 1 is 1.60 bits per heavy atom. The first-order chi connectivity index (χ1) is 9.45. The number of thiophene rings is 1. The Balaban J connectivity index is 2.35. The van der Waals surface area contributed by atoms with Crippen molar-refractivity contribution in [3.05, 3.63) is 19.2 Å². The molecule has 1 aromatic rings. The first-order valence-corrected chi connectivity index (χ1v) is 8.32. The molecule has 2 heterocycles. The minimum absolute atomic E-state index is 0.0385. The molecule has 0 spiro atoms. The van der Waals surface area contributed by atoms with Crippen molar-refractivity contribution in [1.82, 2.24) is 4.90 Å². The molecule has 1 N–H and O–H groups in total. The van der Waals surface area contributed by atoms with E-state index in [1.807, 2.05) is 6.07 Å². The van der Waals surface area contributed by atoms with Gasteiger partial charge in [-0.1, -0.05) is 0 Å². The predicted octanol–water partition coefficient (Wildman–Crippen LogP) is 2.89. The number of amides is 1. The first-order valence-electron chi connectivity index (χ1n) is 5.91. The third-order valence-electron chi connectivity index (χ3n) is 3.24. The number of carboxylic acid groups (broad SMARTS) is 1. The highest BCUT2D eigenvalue weighted by molar-refractivity contribution is 9.13. The summed E-state index contributed by atoms with van der Waals surface area (Å²) in [5.41, 5.74) is 0. The summed E-state index contributed by atoms with van der Waals surface area (Å²) in [4.78, 5) is 25.9. The molecule has 8 heteroatoms. The standard InChI is InChI=1S/C12H13Br2NO4S/c1-19-3-2-15-9(16)4-6(12(17)18)10(15)8-5-7(13)11(14)20-8/h5-6,10H,2-4H2,1H3,(H,17,18). The van der Waals surface area contributed by atoms with Crippen LogP contribution in [0.25, 0.3) is 0 Å². The van der Waals surface area contributed by atoms with Crippen LogP contribution in [0.15, 0.2) is 14.3 Å². The number of nitrogens with zero attached hydrogens (tertiary/aromatic N) is 1. The molecule has 1 saturated heterocycles. The van der Waals surface area contributed by atoms with Crippen LogP contribution in [0.1, 0.15) is 17.3 Å². The van der Waals surface area contributed by atoms with E-state index in [1.54, 1.807) is 12.0 Å². The predicted molar refractivity (Wildman–Crippen MR) is 81.8 cm³/mol. The van der Waals surface area contributed by atoms with Gasteiger partial charge >= 0.3 is 5.97 Å². The Hall–Kier alpha value is -0.440. The highest BCUT2D eigenvalue weighted by Gasteiger charge is 2.45. The van der Waals surface area contributed by atoms with Crippen LogP contribution in [-0.2, 0) is 14.3 Å². The van der Waals surface area contributed by atoms with Gasteiger partial charge in [0.05, 0.1) is 22.4 Å². The molecular formula is C12H13Br2NO4S. The van der Waals surface area contributed by atoms with Crippen LogP contribution in [-0.4, -0.2) is 42.1 Å². The van der Waals surface area contributed by atoms with Crippen LogP contribution in [0.2, 0.25) is 0 Å². The van der Waals surface area contributed by atoms with E-state index < -0.39 is 17.9 Å². The van der Waals surface area contributed by atoms with E-state index in [4.69, 9.17) is 4.74 Å². The van der Waals surface area contributed by atoms with E-state index in [0.717, 1.165) is 13.1 Å². The normalized spacial score (nSPS) is 22.6. The first kappa shape index (κ1) is 15.9. The molecular weight excluding hydrogens is 414 g/mol. The number of aliphatic carboxylic acids is 1. The molecule has 1 fully saturated rings. The average Bonchev–Trinajstić information content (AvgIpc) is 2.88. The van der Waals surface area contributed by atoms with Crippen LogP contribution in [0, 0.1) is 5.92 Å². The van der Waals surface area contributed by atoms with E-state index in [1.165, 1.54) is 11.3 Å². The summed E-state index contributed by atoms with van der Waals surface area (Å²) < 4.78 is 6.76. The number of carbonyl (C=O) groups is 2. The molecule has 1 amide bonds. The zero-order valence-electron chi connectivity index (χ0n) is 10.6. The molecule has 0 saturated carbocycles. The Kier molecular flexibility index (Phi) is 5.22. The quantitative estimate of drug-likeness (QED) is 0.785. The Morgan fingerprint density at radius 3 is 2.80 bits per heavy atom. The van der Waals surface area contributed by atoms with Crippen LogP contribution in [0.3, 0.4) is 0 Å². The van der Waals surface area contributed by atoms with Gasteiger partial charge in [-0.2, -0.15) is 0 Å². The summed E-state index contributed by atoms with van der Waals surface area (Å²) in [5.74, 6) is -1.79. The van der Waals surface area contributed by atoms with E-state index in [2.05, 4.69) is 31.9 Å². The summed E-state index contributed by atoms with van der Waals surface area (Å²) in [6.07, 6.45) is 0.0385. The number of methoxy groups -OCH3 is 1. The van der Waals surface area contributed by atoms with Crippen molar-refractivity contribution >= 4 is 55.1 Å². The molecule has 1 aliphatic rings. The topological polar surface area (TPSA) is 66.8 Å². The van der Waals surface area contributed by atoms with E-state index in [9.17, 15) is 14.7 Å². The number of halogens is 2. The van der Waals surface area contributed by atoms with E-state index >= 15 is 0 Å². The number of carbonyl (C=O) groups excluding carboxylic acids is 1. The highest BCUT2D eigenvalue weighted by atomic mass is 79.9. The van der Waals surface area contributed by atoms with Gasteiger partial charge in [-0.05, 0) is 37.9 Å². The zero-order valence-corrected chi connectivity index (χ0v) is 14.6. The summed E-state index contributed by atoms with van der Waals surface area (Å²) in [6, 6.07) is 1.44. The molecule has 0 aliphatic carbocycles. The van der Waals surface area contributed by atoms with Gasteiger partial charge in [-0.15, -0.1) is 11.3 Å². The third-order valence-corrected chi connectivity index (χ3v) is 6.57. The molecule has 1 aromatic heterocycles. The van der Waals surface area contributed by atoms with Gasteiger partial charge in [0, 0.05) is 29.4 Å². The van der Waals surface area contributed by atoms with Crippen LogP contribution in [0.5, 0.6) is 0 Å². The average molecular weight is 427 g/mol. The fourth-order valence-electron chi connectivity index (χ4n) is 2.33.